The molecule has 12 heteroatoms. The Labute approximate surface area is 354 Å². The summed E-state index contributed by atoms with van der Waals surface area (Å²) in [5.74, 6) is -1.08. The third-order valence-corrected chi connectivity index (χ3v) is 8.70. The van der Waals surface area contributed by atoms with Gasteiger partial charge in [0.2, 0.25) is 0 Å². The van der Waals surface area contributed by atoms with Crippen LogP contribution < -0.4 is 5.73 Å². The number of aliphatic hydroxyl groups excluding tert-OH is 2. The summed E-state index contributed by atoms with van der Waals surface area (Å²) in [6.07, 6.45) is 50.0. The Balaban J connectivity index is 4.54. The molecule has 0 saturated heterocycles. The predicted octanol–water partition coefficient (Wildman–Crippen LogP) is 9.87. The van der Waals surface area contributed by atoms with Gasteiger partial charge in [0.05, 0.1) is 25.4 Å². The first-order valence-corrected chi connectivity index (χ1v) is 22.4. The molecule has 0 spiro atoms. The zero-order valence-electron chi connectivity index (χ0n) is 35.4. The maximum absolute atomic E-state index is 12.6. The lowest BCUT2D eigenvalue weighted by Crippen LogP contribution is -2.29. The molecule has 4 atom stereocenters. The molecule has 330 valence electrons. The second-order valence-electron chi connectivity index (χ2n) is 13.1. The van der Waals surface area contributed by atoms with Crippen molar-refractivity contribution in [2.24, 2.45) is 5.73 Å². The molecule has 0 aliphatic heterocycles. The van der Waals surface area contributed by atoms with E-state index in [1.165, 1.54) is 0 Å². The lowest BCUT2D eigenvalue weighted by molar-refractivity contribution is -0.161. The zero-order valence-corrected chi connectivity index (χ0v) is 36.3. The highest BCUT2D eigenvalue weighted by Gasteiger charge is 2.25. The lowest BCUT2D eigenvalue weighted by Gasteiger charge is -2.19. The third-order valence-electron chi connectivity index (χ3n) is 7.71. The van der Waals surface area contributed by atoms with E-state index in [4.69, 9.17) is 24.3 Å². The smallest absolute Gasteiger partial charge is 0.462 e. The first kappa shape index (κ1) is 55.1. The quantitative estimate of drug-likeness (QED) is 0.0155. The normalized spacial score (nSPS) is 15.7. The Hall–Kier alpha value is -3.93. The highest BCUT2D eigenvalue weighted by molar-refractivity contribution is 7.47. The summed E-state index contributed by atoms with van der Waals surface area (Å²) < 4.78 is 32.5. The molecule has 0 heterocycles. The summed E-state index contributed by atoms with van der Waals surface area (Å²) in [5, 5.41) is 19.9. The fourth-order valence-corrected chi connectivity index (χ4v) is 5.40. The van der Waals surface area contributed by atoms with Crippen molar-refractivity contribution in [3.05, 3.63) is 134 Å². The molecule has 0 aliphatic carbocycles. The Morgan fingerprint density at radius 2 is 1.07 bits per heavy atom. The molecule has 11 nitrogen and oxygen atoms in total. The number of hydrogen-bond acceptors (Lipinski definition) is 10. The van der Waals surface area contributed by atoms with Crippen molar-refractivity contribution in [2.45, 2.75) is 122 Å². The molecule has 0 bridgehead atoms. The van der Waals surface area contributed by atoms with Gasteiger partial charge in [-0.3, -0.25) is 18.6 Å². The van der Waals surface area contributed by atoms with Gasteiger partial charge in [0.25, 0.3) is 0 Å². The van der Waals surface area contributed by atoms with Crippen LogP contribution in [0.5, 0.6) is 0 Å². The topological polar surface area (TPSA) is 175 Å². The molecule has 0 amide bonds. The number of allylic oxidation sites excluding steroid dienone is 18. The maximum atomic E-state index is 12.6. The minimum atomic E-state index is -4.44. The third kappa shape index (κ3) is 40.6. The number of phosphoric acid groups is 1. The van der Waals surface area contributed by atoms with Crippen LogP contribution in [0.15, 0.2) is 134 Å². The summed E-state index contributed by atoms with van der Waals surface area (Å²) >= 11 is 0. The van der Waals surface area contributed by atoms with Crippen LogP contribution in [0.4, 0.5) is 0 Å². The van der Waals surface area contributed by atoms with E-state index in [1.807, 2.05) is 55.5 Å². The number of aliphatic hydroxyl groups is 2. The highest BCUT2D eigenvalue weighted by Crippen LogP contribution is 2.43. The van der Waals surface area contributed by atoms with Crippen LogP contribution in [0.3, 0.4) is 0 Å². The molecule has 0 aliphatic rings. The Morgan fingerprint density at radius 1 is 0.593 bits per heavy atom. The number of nitrogens with two attached hydrogens (primary N) is 1. The van der Waals surface area contributed by atoms with Crippen molar-refractivity contribution in [2.75, 3.05) is 26.4 Å². The number of hydrogen-bond donors (Lipinski definition) is 4. The fraction of sp³-hybridized carbons (Fsp3) is 0.489. The van der Waals surface area contributed by atoms with Crippen LogP contribution in [0.1, 0.15) is 104 Å². The van der Waals surface area contributed by atoms with Crippen LogP contribution in [0.25, 0.3) is 0 Å². The van der Waals surface area contributed by atoms with E-state index in [-0.39, 0.29) is 32.6 Å². The predicted molar refractivity (Wildman–Crippen MR) is 240 cm³/mol. The zero-order chi connectivity index (χ0) is 43.5. The molecular formula is C47H72NO10P. The molecule has 0 fully saturated rings. The molecule has 0 aromatic heterocycles. The van der Waals surface area contributed by atoms with Crippen molar-refractivity contribution in [3.8, 4) is 0 Å². The number of unbranched alkanes of at least 4 members (excludes halogenated alkanes) is 1. The summed E-state index contributed by atoms with van der Waals surface area (Å²) in [5.41, 5.74) is 5.33. The van der Waals surface area contributed by atoms with Gasteiger partial charge in [-0.25, -0.2) is 4.57 Å². The second-order valence-corrected chi connectivity index (χ2v) is 14.6. The van der Waals surface area contributed by atoms with Gasteiger partial charge in [-0.1, -0.05) is 148 Å². The Morgan fingerprint density at radius 3 is 1.61 bits per heavy atom. The van der Waals surface area contributed by atoms with Gasteiger partial charge in [-0.15, -0.1) is 0 Å². The summed E-state index contributed by atoms with van der Waals surface area (Å²) in [4.78, 5) is 34.8. The van der Waals surface area contributed by atoms with Crippen LogP contribution in [0.2, 0.25) is 0 Å². The first-order chi connectivity index (χ1) is 28.6. The molecule has 0 aromatic carbocycles. The first-order valence-electron chi connectivity index (χ1n) is 20.9. The van der Waals surface area contributed by atoms with Crippen LogP contribution in [-0.2, 0) is 32.7 Å². The van der Waals surface area contributed by atoms with Gasteiger partial charge in [-0.05, 0) is 77.0 Å². The van der Waals surface area contributed by atoms with E-state index in [0.717, 1.165) is 38.5 Å². The van der Waals surface area contributed by atoms with Crippen LogP contribution >= 0.6 is 7.82 Å². The fourth-order valence-electron chi connectivity index (χ4n) is 4.63. The summed E-state index contributed by atoms with van der Waals surface area (Å²) in [6.45, 7) is 3.11. The molecular weight excluding hydrogens is 769 g/mol. The van der Waals surface area contributed by atoms with Crippen molar-refractivity contribution in [1.29, 1.82) is 0 Å². The number of esters is 2. The van der Waals surface area contributed by atoms with Gasteiger partial charge < -0.3 is 30.3 Å². The van der Waals surface area contributed by atoms with Gasteiger partial charge >= 0.3 is 19.8 Å². The van der Waals surface area contributed by atoms with Crippen LogP contribution in [0, 0.1) is 0 Å². The minimum Gasteiger partial charge on any atom is -0.462 e. The van der Waals surface area contributed by atoms with E-state index in [9.17, 15) is 29.3 Å². The molecule has 0 saturated carbocycles. The molecule has 0 aromatic rings. The largest absolute Gasteiger partial charge is 0.472 e. The SMILES string of the molecule is CC/C=C\C/C=C\C/C=C\C/C=C\C/C=C\CCCC(=O)O[C@H](COC(=O)CC/C=C\C/C=C\C[C@H](O)/C=C/C=C\C=C\[C@H](O)C/C=C\CC)COP(=O)(O)OCCN. The van der Waals surface area contributed by atoms with Crippen LogP contribution in [-0.4, -0.2) is 71.7 Å². The number of ether oxygens (including phenoxy) is 2. The van der Waals surface area contributed by atoms with Gasteiger partial charge in [-0.2, -0.15) is 0 Å². The van der Waals surface area contributed by atoms with Crippen molar-refractivity contribution < 1.29 is 47.8 Å². The highest BCUT2D eigenvalue weighted by atomic mass is 31.2. The Bertz CT molecular complexity index is 1450. The number of carbonyl (C=O) groups is 2. The van der Waals surface area contributed by atoms with E-state index >= 15 is 0 Å². The summed E-state index contributed by atoms with van der Waals surface area (Å²) in [7, 11) is -4.44. The average molecular weight is 842 g/mol. The van der Waals surface area contributed by atoms with E-state index < -0.39 is 44.7 Å². The lowest BCUT2D eigenvalue weighted by atomic mass is 10.2. The summed E-state index contributed by atoms with van der Waals surface area (Å²) in [6, 6.07) is 0. The van der Waals surface area contributed by atoms with Crippen molar-refractivity contribution in [3.63, 3.8) is 0 Å². The van der Waals surface area contributed by atoms with Gasteiger partial charge in [0, 0.05) is 19.4 Å². The minimum absolute atomic E-state index is 0.00979. The van der Waals surface area contributed by atoms with E-state index in [2.05, 4.69) is 55.5 Å². The molecule has 0 rings (SSSR count). The maximum Gasteiger partial charge on any atom is 0.472 e. The molecule has 5 N–H and O–H groups in total. The average Bonchev–Trinajstić information content (AvgIpc) is 3.21. The molecule has 59 heavy (non-hydrogen) atoms. The number of carbonyl (C=O) groups excluding carboxylic acids is 2. The standard InChI is InChI=1S/C47H72NO10P/c1-3-5-7-8-9-10-11-12-13-14-15-16-17-18-19-24-32-38-47(52)58-45(42-57-59(53,54)56-40-39-48)41-55-46(51)37-31-23-21-20-22-28-34-44(50)36-30-26-25-29-35-43(49)33-27-6-4-2/h5-7,9-10,12-13,15-16,18-19,21-23,25-30,35-36,43-45,49-50H,3-4,8,11,14,17,20,24,31-34,37-42,48H2,1-2H3,(H,53,54)/b7-5-,10-9-,13-12-,16-15-,19-18-,23-21-,26-25-,27-6-,28-22-,35-29+,36-30+/t43-,44+,45-/m1/s1. The van der Waals surface area contributed by atoms with Gasteiger partial charge in [0.15, 0.2) is 6.10 Å². The Kier molecular flexibility index (Phi) is 38.1. The monoisotopic (exact) mass is 841 g/mol. The van der Waals surface area contributed by atoms with Gasteiger partial charge in [0.1, 0.15) is 6.61 Å². The van der Waals surface area contributed by atoms with Crippen molar-refractivity contribution >= 4 is 19.8 Å². The number of rotatable bonds is 36. The second kappa shape index (κ2) is 40.8. The van der Waals surface area contributed by atoms with E-state index in [0.29, 0.717) is 38.5 Å². The van der Waals surface area contributed by atoms with E-state index in [1.54, 1.807) is 36.5 Å². The molecule has 1 unspecified atom stereocenters. The number of phosphoric ester groups is 1. The van der Waals surface area contributed by atoms with Crippen molar-refractivity contribution in [1.82, 2.24) is 0 Å². The molecule has 0 radical (unpaired) electrons.